The van der Waals surface area contributed by atoms with E-state index in [2.05, 4.69) is 5.32 Å². The zero-order valence-corrected chi connectivity index (χ0v) is 11.1. The van der Waals surface area contributed by atoms with Crippen molar-refractivity contribution in [1.82, 2.24) is 0 Å². The fraction of sp³-hybridized carbons (Fsp3) is 0. The summed E-state index contributed by atoms with van der Waals surface area (Å²) in [6.45, 7) is 0. The van der Waals surface area contributed by atoms with Crippen LogP contribution in [0.2, 0.25) is 5.02 Å². The Morgan fingerprint density at radius 3 is 2.57 bits per heavy atom. The molecule has 0 radical (unpaired) electrons. The molecule has 0 spiro atoms. The molecule has 0 unspecified atom stereocenters. The molecule has 8 heteroatoms. The van der Waals surface area contributed by atoms with Crippen LogP contribution in [0.3, 0.4) is 0 Å². The van der Waals surface area contributed by atoms with Crippen molar-refractivity contribution in [1.29, 1.82) is 0 Å². The molecule has 0 atom stereocenters. The van der Waals surface area contributed by atoms with Crippen molar-refractivity contribution in [2.45, 2.75) is 0 Å². The smallest absolute Gasteiger partial charge is 0.337 e. The quantitative estimate of drug-likeness (QED) is 0.661. The van der Waals surface area contributed by atoms with Crippen LogP contribution in [0.25, 0.3) is 0 Å². The van der Waals surface area contributed by atoms with E-state index in [0.29, 0.717) is 0 Å². The van der Waals surface area contributed by atoms with Crippen molar-refractivity contribution in [3.63, 3.8) is 0 Å². The van der Waals surface area contributed by atoms with Crippen molar-refractivity contribution >= 4 is 34.6 Å². The maximum atomic E-state index is 13.2. The van der Waals surface area contributed by atoms with Gasteiger partial charge in [0.25, 0.3) is 5.69 Å². The summed E-state index contributed by atoms with van der Waals surface area (Å²) in [5.74, 6) is -1.95. The highest BCUT2D eigenvalue weighted by Gasteiger charge is 2.17. The molecule has 0 saturated carbocycles. The summed E-state index contributed by atoms with van der Waals surface area (Å²) in [5.41, 5.74) is -0.630. The third-order valence-electron chi connectivity index (χ3n) is 2.64. The van der Waals surface area contributed by atoms with Gasteiger partial charge in [-0.25, -0.2) is 9.18 Å². The van der Waals surface area contributed by atoms with Crippen LogP contribution in [-0.4, -0.2) is 16.0 Å². The Bertz CT molecular complexity index is 736. The molecule has 0 aromatic heterocycles. The Kier molecular flexibility index (Phi) is 4.04. The molecule has 0 fully saturated rings. The first-order valence-corrected chi connectivity index (χ1v) is 6.00. The predicted molar refractivity (Wildman–Crippen MR) is 74.7 cm³/mol. The van der Waals surface area contributed by atoms with Gasteiger partial charge in [-0.1, -0.05) is 11.6 Å². The number of hydrogen-bond acceptors (Lipinski definition) is 4. The molecule has 0 saturated heterocycles. The number of carbonyl (C=O) groups is 1. The highest BCUT2D eigenvalue weighted by atomic mass is 35.5. The molecule has 2 rings (SSSR count). The molecule has 0 amide bonds. The van der Waals surface area contributed by atoms with Crippen LogP contribution in [0.15, 0.2) is 36.4 Å². The molecule has 0 aliphatic rings. The monoisotopic (exact) mass is 310 g/mol. The standard InChI is InChI=1S/C13H8ClFN2O4/c14-7-1-4-10(12(5-7)17(20)21)16-11-6-8(15)2-3-9(11)13(18)19/h1-6,16H,(H,18,19). The van der Waals surface area contributed by atoms with E-state index in [9.17, 15) is 19.3 Å². The van der Waals surface area contributed by atoms with E-state index < -0.39 is 16.7 Å². The molecule has 2 aromatic rings. The Morgan fingerprint density at radius 2 is 1.95 bits per heavy atom. The summed E-state index contributed by atoms with van der Waals surface area (Å²) in [6.07, 6.45) is 0. The SMILES string of the molecule is O=C(O)c1ccc(F)cc1Nc1ccc(Cl)cc1[N+](=O)[O-]. The Labute approximate surface area is 122 Å². The van der Waals surface area contributed by atoms with Gasteiger partial charge < -0.3 is 10.4 Å². The fourth-order valence-corrected chi connectivity index (χ4v) is 1.88. The van der Waals surface area contributed by atoms with Gasteiger partial charge in [0.15, 0.2) is 0 Å². The van der Waals surface area contributed by atoms with Crippen molar-refractivity contribution in [2.24, 2.45) is 0 Å². The number of aromatic carboxylic acids is 1. The van der Waals surface area contributed by atoms with E-state index in [1.807, 2.05) is 0 Å². The number of carboxylic acid groups (broad SMARTS) is 1. The van der Waals surface area contributed by atoms with E-state index >= 15 is 0 Å². The minimum absolute atomic E-state index is 0.0116. The lowest BCUT2D eigenvalue weighted by Crippen LogP contribution is -2.04. The molecule has 0 bridgehead atoms. The number of nitro groups is 1. The molecule has 0 aliphatic heterocycles. The topological polar surface area (TPSA) is 92.5 Å². The van der Waals surface area contributed by atoms with Gasteiger partial charge in [0.2, 0.25) is 0 Å². The largest absolute Gasteiger partial charge is 0.478 e. The first-order valence-electron chi connectivity index (χ1n) is 5.62. The van der Waals surface area contributed by atoms with Gasteiger partial charge in [0.05, 0.1) is 16.2 Å². The van der Waals surface area contributed by atoms with Crippen LogP contribution in [0.4, 0.5) is 21.5 Å². The van der Waals surface area contributed by atoms with Crippen molar-refractivity contribution in [2.75, 3.05) is 5.32 Å². The Balaban J connectivity index is 2.50. The zero-order chi connectivity index (χ0) is 15.6. The number of benzene rings is 2. The van der Waals surface area contributed by atoms with Crippen LogP contribution in [0, 0.1) is 15.9 Å². The summed E-state index contributed by atoms with van der Waals surface area (Å²) in [5, 5.41) is 22.7. The lowest BCUT2D eigenvalue weighted by atomic mass is 10.1. The number of anilines is 2. The van der Waals surface area contributed by atoms with Gasteiger partial charge in [-0.15, -0.1) is 0 Å². The summed E-state index contributed by atoms with van der Waals surface area (Å²) in [6, 6.07) is 6.84. The number of halogens is 2. The molecular formula is C13H8ClFN2O4. The molecule has 2 aromatic carbocycles. The molecule has 21 heavy (non-hydrogen) atoms. The highest BCUT2D eigenvalue weighted by molar-refractivity contribution is 6.31. The summed E-state index contributed by atoms with van der Waals surface area (Å²) in [7, 11) is 0. The van der Waals surface area contributed by atoms with Crippen LogP contribution >= 0.6 is 11.6 Å². The molecular weight excluding hydrogens is 303 g/mol. The molecule has 108 valence electrons. The second-order valence-electron chi connectivity index (χ2n) is 4.04. The average molecular weight is 311 g/mol. The zero-order valence-electron chi connectivity index (χ0n) is 10.3. The van der Waals surface area contributed by atoms with Crippen LogP contribution in [0.5, 0.6) is 0 Å². The number of nitrogens with zero attached hydrogens (tertiary/aromatic N) is 1. The molecule has 2 N–H and O–H groups in total. The van der Waals surface area contributed by atoms with Gasteiger partial charge in [-0.3, -0.25) is 10.1 Å². The lowest BCUT2D eigenvalue weighted by Gasteiger charge is -2.10. The van der Waals surface area contributed by atoms with Gasteiger partial charge in [-0.2, -0.15) is 0 Å². The van der Waals surface area contributed by atoms with Crippen molar-refractivity contribution in [3.8, 4) is 0 Å². The second kappa shape index (κ2) is 5.76. The maximum absolute atomic E-state index is 13.2. The van der Waals surface area contributed by atoms with E-state index in [4.69, 9.17) is 16.7 Å². The normalized spacial score (nSPS) is 10.2. The molecule has 6 nitrogen and oxygen atoms in total. The molecule has 0 heterocycles. The lowest BCUT2D eigenvalue weighted by molar-refractivity contribution is -0.383. The number of hydrogen-bond donors (Lipinski definition) is 2. The third-order valence-corrected chi connectivity index (χ3v) is 2.87. The first kappa shape index (κ1) is 14.7. The Morgan fingerprint density at radius 1 is 1.24 bits per heavy atom. The van der Waals surface area contributed by atoms with Crippen LogP contribution in [-0.2, 0) is 0 Å². The minimum atomic E-state index is -1.28. The van der Waals surface area contributed by atoms with Crippen LogP contribution in [0.1, 0.15) is 10.4 Å². The summed E-state index contributed by atoms with van der Waals surface area (Å²) < 4.78 is 13.2. The highest BCUT2D eigenvalue weighted by Crippen LogP contribution is 2.31. The van der Waals surface area contributed by atoms with E-state index in [-0.39, 0.29) is 27.6 Å². The van der Waals surface area contributed by atoms with Gasteiger partial charge in [0.1, 0.15) is 11.5 Å². The maximum Gasteiger partial charge on any atom is 0.337 e. The van der Waals surface area contributed by atoms with Gasteiger partial charge >= 0.3 is 5.97 Å². The van der Waals surface area contributed by atoms with E-state index in [0.717, 1.165) is 24.3 Å². The summed E-state index contributed by atoms with van der Waals surface area (Å²) in [4.78, 5) is 21.4. The third kappa shape index (κ3) is 3.26. The average Bonchev–Trinajstić information content (AvgIpc) is 2.40. The first-order chi connectivity index (χ1) is 9.88. The second-order valence-corrected chi connectivity index (χ2v) is 4.48. The number of carboxylic acids is 1. The number of rotatable bonds is 4. The Hall–Kier alpha value is -2.67. The van der Waals surface area contributed by atoms with Gasteiger partial charge in [-0.05, 0) is 30.3 Å². The van der Waals surface area contributed by atoms with E-state index in [1.165, 1.54) is 12.1 Å². The predicted octanol–water partition coefficient (Wildman–Crippen LogP) is 3.83. The fourth-order valence-electron chi connectivity index (χ4n) is 1.71. The van der Waals surface area contributed by atoms with Gasteiger partial charge in [0, 0.05) is 11.1 Å². The van der Waals surface area contributed by atoms with E-state index in [1.54, 1.807) is 0 Å². The summed E-state index contributed by atoms with van der Waals surface area (Å²) >= 11 is 5.68. The number of nitro benzene ring substituents is 1. The molecule has 0 aliphatic carbocycles. The minimum Gasteiger partial charge on any atom is -0.478 e. The van der Waals surface area contributed by atoms with Crippen molar-refractivity contribution in [3.05, 3.63) is 62.9 Å². The number of nitrogens with one attached hydrogen (secondary N) is 1. The van der Waals surface area contributed by atoms with Crippen LogP contribution < -0.4 is 5.32 Å². The van der Waals surface area contributed by atoms with Crippen molar-refractivity contribution < 1.29 is 19.2 Å².